The van der Waals surface area contributed by atoms with Crippen LogP contribution >= 0.6 is 0 Å². The number of hydrogen-bond acceptors (Lipinski definition) is 4. The van der Waals surface area contributed by atoms with Gasteiger partial charge in [-0.15, -0.1) is 0 Å². The second-order valence-electron chi connectivity index (χ2n) is 5.62. The van der Waals surface area contributed by atoms with Crippen molar-refractivity contribution in [2.45, 2.75) is 43.2 Å². The number of aliphatic hydroxyl groups excluding tert-OH is 1. The first kappa shape index (κ1) is 16.4. The normalized spacial score (nSPS) is 18.4. The molecular formula is C15H24N2O3S. The number of aliphatic hydroxyl groups is 1. The van der Waals surface area contributed by atoms with Crippen LogP contribution in [0.15, 0.2) is 29.2 Å². The highest BCUT2D eigenvalue weighted by Gasteiger charge is 2.31. The zero-order valence-corrected chi connectivity index (χ0v) is 13.4. The summed E-state index contributed by atoms with van der Waals surface area (Å²) < 4.78 is 25.7. The standard InChI is InChI=1S/C15H24N2O3S/c1-11(17-15(9-10-18)13-3-4-13)12-5-7-14(8-6-12)21(19,20)16-2/h5-8,11,13,15-18H,3-4,9-10H2,1-2H3. The second kappa shape index (κ2) is 6.87. The van der Waals surface area contributed by atoms with E-state index in [0.717, 1.165) is 12.0 Å². The Morgan fingerprint density at radius 1 is 1.29 bits per heavy atom. The number of benzene rings is 1. The fraction of sp³-hybridized carbons (Fsp3) is 0.600. The van der Waals surface area contributed by atoms with Gasteiger partial charge in [0, 0.05) is 18.7 Å². The Kier molecular flexibility index (Phi) is 5.37. The van der Waals surface area contributed by atoms with Crippen LogP contribution in [-0.4, -0.2) is 33.2 Å². The summed E-state index contributed by atoms with van der Waals surface area (Å²) in [6.07, 6.45) is 3.22. The molecule has 1 saturated carbocycles. The molecule has 1 aliphatic carbocycles. The Bertz CT molecular complexity index is 553. The van der Waals surface area contributed by atoms with E-state index in [9.17, 15) is 8.42 Å². The number of nitrogens with one attached hydrogen (secondary N) is 2. The SMILES string of the molecule is CNS(=O)(=O)c1ccc(C(C)NC(CCO)C2CC2)cc1. The number of rotatable bonds is 8. The van der Waals surface area contributed by atoms with Gasteiger partial charge in [-0.1, -0.05) is 12.1 Å². The quantitative estimate of drug-likeness (QED) is 0.678. The molecule has 118 valence electrons. The molecule has 0 aromatic heterocycles. The van der Waals surface area contributed by atoms with Crippen molar-refractivity contribution in [3.05, 3.63) is 29.8 Å². The lowest BCUT2D eigenvalue weighted by molar-refractivity contribution is 0.250. The molecule has 1 fully saturated rings. The first-order valence-electron chi connectivity index (χ1n) is 7.38. The van der Waals surface area contributed by atoms with Crippen LogP contribution < -0.4 is 10.0 Å². The highest BCUT2D eigenvalue weighted by Crippen LogP contribution is 2.35. The van der Waals surface area contributed by atoms with Gasteiger partial charge < -0.3 is 10.4 Å². The van der Waals surface area contributed by atoms with Crippen molar-refractivity contribution in [2.75, 3.05) is 13.7 Å². The van der Waals surface area contributed by atoms with E-state index >= 15 is 0 Å². The van der Waals surface area contributed by atoms with Crippen molar-refractivity contribution >= 4 is 10.0 Å². The minimum atomic E-state index is -3.38. The fourth-order valence-corrected chi connectivity index (χ4v) is 3.29. The summed E-state index contributed by atoms with van der Waals surface area (Å²) in [6.45, 7) is 2.26. The van der Waals surface area contributed by atoms with Gasteiger partial charge in [0.25, 0.3) is 0 Å². The topological polar surface area (TPSA) is 78.4 Å². The predicted octanol–water partition coefficient (Wildman–Crippen LogP) is 1.41. The van der Waals surface area contributed by atoms with Crippen LogP contribution in [0.3, 0.4) is 0 Å². The molecule has 21 heavy (non-hydrogen) atoms. The van der Waals surface area contributed by atoms with E-state index < -0.39 is 10.0 Å². The third-order valence-electron chi connectivity index (χ3n) is 4.05. The molecule has 5 nitrogen and oxygen atoms in total. The zero-order chi connectivity index (χ0) is 15.5. The van der Waals surface area contributed by atoms with Crippen molar-refractivity contribution in [3.63, 3.8) is 0 Å². The van der Waals surface area contributed by atoms with Crippen LogP contribution in [0.1, 0.15) is 37.8 Å². The predicted molar refractivity (Wildman–Crippen MR) is 82.5 cm³/mol. The van der Waals surface area contributed by atoms with Crippen LogP contribution in [0.4, 0.5) is 0 Å². The van der Waals surface area contributed by atoms with Gasteiger partial charge in [0.2, 0.25) is 10.0 Å². The minimum Gasteiger partial charge on any atom is -0.396 e. The first-order valence-corrected chi connectivity index (χ1v) is 8.86. The van der Waals surface area contributed by atoms with E-state index in [2.05, 4.69) is 17.0 Å². The molecule has 1 aliphatic rings. The highest BCUT2D eigenvalue weighted by molar-refractivity contribution is 7.89. The molecule has 0 radical (unpaired) electrons. The summed E-state index contributed by atoms with van der Waals surface area (Å²) >= 11 is 0. The molecule has 2 atom stereocenters. The van der Waals surface area contributed by atoms with Gasteiger partial charge in [0.05, 0.1) is 4.90 Å². The summed E-state index contributed by atoms with van der Waals surface area (Å²) in [6, 6.07) is 7.39. The lowest BCUT2D eigenvalue weighted by Crippen LogP contribution is -2.34. The van der Waals surface area contributed by atoms with Gasteiger partial charge in [-0.05, 0) is 56.8 Å². The molecule has 0 bridgehead atoms. The summed E-state index contributed by atoms with van der Waals surface area (Å²) in [5.74, 6) is 0.670. The minimum absolute atomic E-state index is 0.133. The van der Waals surface area contributed by atoms with Gasteiger partial charge in [-0.25, -0.2) is 13.1 Å². The Labute approximate surface area is 126 Å². The van der Waals surface area contributed by atoms with E-state index in [-0.39, 0.29) is 17.5 Å². The molecule has 0 aliphatic heterocycles. The summed E-state index contributed by atoms with van der Waals surface area (Å²) in [4.78, 5) is 0.273. The average Bonchev–Trinajstić information content (AvgIpc) is 3.31. The van der Waals surface area contributed by atoms with Gasteiger partial charge in [0.15, 0.2) is 0 Å². The lowest BCUT2D eigenvalue weighted by atomic mass is 10.0. The monoisotopic (exact) mass is 312 g/mol. The Morgan fingerprint density at radius 3 is 2.38 bits per heavy atom. The molecular weight excluding hydrogens is 288 g/mol. The summed E-state index contributed by atoms with van der Waals surface area (Å²) in [7, 11) is -1.97. The van der Waals surface area contributed by atoms with Crippen LogP contribution in [-0.2, 0) is 10.0 Å². The van der Waals surface area contributed by atoms with Crippen LogP contribution in [0.25, 0.3) is 0 Å². The van der Waals surface area contributed by atoms with Gasteiger partial charge in [0.1, 0.15) is 0 Å². The van der Waals surface area contributed by atoms with Gasteiger partial charge >= 0.3 is 0 Å². The van der Waals surface area contributed by atoms with Crippen molar-refractivity contribution < 1.29 is 13.5 Å². The van der Waals surface area contributed by atoms with E-state index in [4.69, 9.17) is 5.11 Å². The van der Waals surface area contributed by atoms with E-state index in [1.54, 1.807) is 12.1 Å². The van der Waals surface area contributed by atoms with E-state index in [1.807, 2.05) is 12.1 Å². The van der Waals surface area contributed by atoms with Crippen molar-refractivity contribution in [1.29, 1.82) is 0 Å². The van der Waals surface area contributed by atoms with Crippen LogP contribution in [0.5, 0.6) is 0 Å². The molecule has 6 heteroatoms. The Hall–Kier alpha value is -0.950. The maximum atomic E-state index is 11.7. The molecule has 3 N–H and O–H groups in total. The smallest absolute Gasteiger partial charge is 0.240 e. The van der Waals surface area contributed by atoms with E-state index in [1.165, 1.54) is 19.9 Å². The fourth-order valence-electron chi connectivity index (χ4n) is 2.56. The maximum absolute atomic E-state index is 11.7. The molecule has 0 amide bonds. The Morgan fingerprint density at radius 2 is 1.90 bits per heavy atom. The molecule has 1 aromatic carbocycles. The highest BCUT2D eigenvalue weighted by atomic mass is 32.2. The largest absolute Gasteiger partial charge is 0.396 e. The van der Waals surface area contributed by atoms with Crippen LogP contribution in [0.2, 0.25) is 0 Å². The molecule has 0 heterocycles. The average molecular weight is 312 g/mol. The molecule has 2 unspecified atom stereocenters. The van der Waals surface area contributed by atoms with Crippen molar-refractivity contribution in [1.82, 2.24) is 10.0 Å². The first-order chi connectivity index (χ1) is 9.97. The van der Waals surface area contributed by atoms with E-state index in [0.29, 0.717) is 12.0 Å². The molecule has 0 saturated heterocycles. The second-order valence-corrected chi connectivity index (χ2v) is 7.51. The molecule has 0 spiro atoms. The maximum Gasteiger partial charge on any atom is 0.240 e. The van der Waals surface area contributed by atoms with Crippen molar-refractivity contribution in [2.24, 2.45) is 5.92 Å². The lowest BCUT2D eigenvalue weighted by Gasteiger charge is -2.23. The number of sulfonamides is 1. The molecule has 1 aromatic rings. The van der Waals surface area contributed by atoms with Gasteiger partial charge in [-0.2, -0.15) is 0 Å². The Balaban J connectivity index is 2.04. The summed E-state index contributed by atoms with van der Waals surface area (Å²) in [5.41, 5.74) is 1.05. The van der Waals surface area contributed by atoms with Crippen LogP contribution in [0, 0.1) is 5.92 Å². The zero-order valence-electron chi connectivity index (χ0n) is 12.5. The van der Waals surface area contributed by atoms with Gasteiger partial charge in [-0.3, -0.25) is 0 Å². The molecule has 2 rings (SSSR count). The number of hydrogen-bond donors (Lipinski definition) is 3. The third kappa shape index (κ3) is 4.26. The third-order valence-corrected chi connectivity index (χ3v) is 5.48. The van der Waals surface area contributed by atoms with Crippen molar-refractivity contribution in [3.8, 4) is 0 Å². The summed E-state index contributed by atoms with van der Waals surface area (Å²) in [5, 5.41) is 12.7.